The molecule has 120 heavy (non-hydrogen) atoms. The van der Waals surface area contributed by atoms with Gasteiger partial charge in [0.2, 0.25) is 0 Å². The van der Waals surface area contributed by atoms with Gasteiger partial charge in [0.25, 0.3) is 0 Å². The van der Waals surface area contributed by atoms with Gasteiger partial charge in [-0.05, 0) is 173 Å². The fraction of sp³-hybridized carbons (Fsp3) is 0.526. The standard InChI is InChI=1S/4C19H22F4N6S/c4*20-11-3-4-18(14(11)24)5-8-29(9-6-18)13-10-27-17(16(25)28-13)30-12-2-1-7-26-15(12)19(21,22)23/h4*1-2,7,10-11,14H,3-6,8-9,24H2,(H2,25,28)/t2*11-,14+;2*11-,14-/m1010/s1. The molecule has 16 N–H and O–H groups in total. The van der Waals surface area contributed by atoms with Crippen LogP contribution in [0.4, 0.5) is 117 Å². The number of nitrogen functional groups attached to an aromatic ring is 4. The third-order valence-electron chi connectivity index (χ3n) is 24.4. The molecule has 44 heteroatoms. The van der Waals surface area contributed by atoms with Crippen molar-refractivity contribution in [2.24, 2.45) is 44.6 Å². The number of rotatable bonds is 12. The van der Waals surface area contributed by atoms with Crippen molar-refractivity contribution in [1.29, 1.82) is 0 Å². The lowest BCUT2D eigenvalue weighted by Gasteiger charge is -2.42. The zero-order valence-corrected chi connectivity index (χ0v) is 67.5. The molecule has 8 aliphatic rings. The third kappa shape index (κ3) is 19.7. The molecule has 12 heterocycles. The Morgan fingerprint density at radius 2 is 0.475 bits per heavy atom. The molecule has 648 valence electrons. The summed E-state index contributed by atoms with van der Waals surface area (Å²) in [5.41, 5.74) is 43.8. The van der Waals surface area contributed by atoms with Gasteiger partial charge < -0.3 is 65.5 Å². The Labute approximate surface area is 696 Å². The number of aromatic nitrogens is 12. The van der Waals surface area contributed by atoms with Gasteiger partial charge in [-0.3, -0.25) is 19.9 Å². The summed E-state index contributed by atoms with van der Waals surface area (Å²) in [6.07, 6.45) is -0.401. The number of halogens is 16. The number of hydrogen-bond acceptors (Lipinski definition) is 28. The third-order valence-corrected chi connectivity index (χ3v) is 28.6. The lowest BCUT2D eigenvalue weighted by Crippen LogP contribution is -2.49. The summed E-state index contributed by atoms with van der Waals surface area (Å²) in [6.45, 7) is 5.24. The number of piperidine rings is 4. The minimum atomic E-state index is -4.57. The SMILES string of the molecule is Nc1nc(N2CCC3(CC[C@@H](F)[C@@H]3N)CC2)cnc1Sc1cccnc1C(F)(F)F.Nc1nc(N2CCC3(CC[C@@H](F)[C@H]3N)CC2)cnc1Sc1cccnc1C(F)(F)F.Nc1nc(N2CCC3(CC[C@H](F)[C@@H]3N)CC2)cnc1Sc1cccnc1C(F)(F)F.Nc1nc(N2CCC3(CC[C@H](F)[C@H]3N)CC2)cnc1Sc1cccnc1C(F)(F)F. The lowest BCUT2D eigenvalue weighted by atomic mass is 9.74. The second-order valence-corrected chi connectivity index (χ2v) is 35.3. The van der Waals surface area contributed by atoms with Crippen molar-refractivity contribution < 1.29 is 70.2 Å². The minimum Gasteiger partial charge on any atom is -0.381 e. The maximum atomic E-state index is 13.9. The second-order valence-electron chi connectivity index (χ2n) is 31.2. The van der Waals surface area contributed by atoms with Crippen molar-refractivity contribution in [2.45, 2.75) is 216 Å². The Hall–Kier alpha value is -8.56. The molecule has 0 bridgehead atoms. The molecule has 8 fully saturated rings. The van der Waals surface area contributed by atoms with Crippen LogP contribution in [0, 0.1) is 21.7 Å². The van der Waals surface area contributed by atoms with E-state index in [0.29, 0.717) is 101 Å². The minimum absolute atomic E-state index is 0.0520. The van der Waals surface area contributed by atoms with E-state index in [0.717, 1.165) is 149 Å². The maximum Gasteiger partial charge on any atom is 0.434 e. The molecule has 0 radical (unpaired) electrons. The molecule has 0 aromatic carbocycles. The van der Waals surface area contributed by atoms with Crippen LogP contribution in [-0.4, -0.2) is 161 Å². The topological polar surface area (TPSA) is 376 Å². The Morgan fingerprint density at radius 3 is 0.625 bits per heavy atom. The van der Waals surface area contributed by atoms with Crippen molar-refractivity contribution in [3.63, 3.8) is 0 Å². The normalized spacial score (nSPS) is 23.8. The Balaban J connectivity index is 0.000000138. The van der Waals surface area contributed by atoms with Crippen LogP contribution in [0.25, 0.3) is 0 Å². The van der Waals surface area contributed by atoms with Crippen LogP contribution >= 0.6 is 47.0 Å². The summed E-state index contributed by atoms with van der Waals surface area (Å²) in [4.78, 5) is 55.8. The average Bonchev–Trinajstić information content (AvgIpc) is 1.58. The first kappa shape index (κ1) is 89.2. The van der Waals surface area contributed by atoms with Gasteiger partial charge in [-0.25, -0.2) is 57.4 Å². The van der Waals surface area contributed by atoms with Gasteiger partial charge in [0.1, 0.15) is 68.1 Å². The number of hydrogen-bond donors (Lipinski definition) is 8. The monoisotopic (exact) mass is 1770 g/mol. The largest absolute Gasteiger partial charge is 0.434 e. The Morgan fingerprint density at radius 1 is 0.292 bits per heavy atom. The van der Waals surface area contributed by atoms with E-state index >= 15 is 0 Å². The molecule has 8 aromatic rings. The first-order valence-electron chi connectivity index (χ1n) is 38.7. The van der Waals surface area contributed by atoms with Gasteiger partial charge in [-0.1, -0.05) is 47.0 Å². The fourth-order valence-electron chi connectivity index (χ4n) is 17.3. The van der Waals surface area contributed by atoms with Gasteiger partial charge in [-0.15, -0.1) is 0 Å². The van der Waals surface area contributed by atoms with Crippen molar-refractivity contribution >= 4 is 93.6 Å². The van der Waals surface area contributed by atoms with E-state index < -0.39 is 96.3 Å². The molecule has 24 nitrogen and oxygen atoms in total. The number of nitrogens with two attached hydrogens (primary N) is 8. The second kappa shape index (κ2) is 36.1. The van der Waals surface area contributed by atoms with Gasteiger partial charge in [0.15, 0.2) is 46.0 Å². The number of anilines is 8. The van der Waals surface area contributed by atoms with E-state index in [-0.39, 0.29) is 84.6 Å². The van der Waals surface area contributed by atoms with E-state index in [4.69, 9.17) is 45.9 Å². The summed E-state index contributed by atoms with van der Waals surface area (Å²) in [5, 5.41) is 0.736. The molecule has 0 unspecified atom stereocenters. The summed E-state index contributed by atoms with van der Waals surface area (Å²) < 4.78 is 213. The van der Waals surface area contributed by atoms with Crippen molar-refractivity contribution in [2.75, 3.05) is 94.9 Å². The number of pyridine rings is 4. The quantitative estimate of drug-likeness (QED) is 0.0527. The Bertz CT molecular complexity index is 4260. The van der Waals surface area contributed by atoms with E-state index in [2.05, 4.69) is 59.8 Å². The molecule has 4 spiro atoms. The lowest BCUT2D eigenvalue weighted by molar-refractivity contribution is -0.144. The van der Waals surface area contributed by atoms with Crippen LogP contribution in [0.3, 0.4) is 0 Å². The first-order valence-corrected chi connectivity index (χ1v) is 41.9. The predicted octanol–water partition coefficient (Wildman–Crippen LogP) is 14.7. The predicted molar refractivity (Wildman–Crippen MR) is 423 cm³/mol. The molecule has 4 saturated heterocycles. The summed E-state index contributed by atoms with van der Waals surface area (Å²) >= 11 is 3.12. The highest BCUT2D eigenvalue weighted by Crippen LogP contribution is 2.53. The average molecular weight is 1770 g/mol. The molecule has 4 saturated carbocycles. The van der Waals surface area contributed by atoms with Crippen LogP contribution < -0.4 is 65.5 Å². The molecule has 16 rings (SSSR count). The summed E-state index contributed by atoms with van der Waals surface area (Å²) in [5.74, 6) is 2.42. The number of nitrogens with zero attached hydrogens (tertiary/aromatic N) is 16. The molecular formula is C76H88F16N24S4. The van der Waals surface area contributed by atoms with Crippen LogP contribution in [-0.2, 0) is 24.7 Å². The van der Waals surface area contributed by atoms with Gasteiger partial charge in [0.05, 0.1) is 24.8 Å². The van der Waals surface area contributed by atoms with Crippen LogP contribution in [0.1, 0.15) is 126 Å². The summed E-state index contributed by atoms with van der Waals surface area (Å²) in [7, 11) is 0. The van der Waals surface area contributed by atoms with E-state index in [1.807, 2.05) is 19.6 Å². The van der Waals surface area contributed by atoms with Crippen molar-refractivity contribution in [3.8, 4) is 0 Å². The van der Waals surface area contributed by atoms with Gasteiger partial charge in [0, 0.05) is 121 Å². The first-order chi connectivity index (χ1) is 56.8. The molecule has 0 amide bonds. The highest BCUT2D eigenvalue weighted by molar-refractivity contribution is 8.00. The highest BCUT2D eigenvalue weighted by Gasteiger charge is 2.53. The van der Waals surface area contributed by atoms with Crippen LogP contribution in [0.2, 0.25) is 0 Å². The zero-order valence-electron chi connectivity index (χ0n) is 64.3. The molecular weight excluding hydrogens is 1680 g/mol. The highest BCUT2D eigenvalue weighted by atomic mass is 32.2. The molecule has 8 aromatic heterocycles. The van der Waals surface area contributed by atoms with Crippen LogP contribution in [0.15, 0.2) is 138 Å². The Kier molecular flexibility index (Phi) is 26.8. The van der Waals surface area contributed by atoms with E-state index in [1.54, 1.807) is 0 Å². The molecule has 4 aliphatic heterocycles. The van der Waals surface area contributed by atoms with Crippen molar-refractivity contribution in [3.05, 3.63) is 121 Å². The van der Waals surface area contributed by atoms with Crippen LogP contribution in [0.5, 0.6) is 0 Å². The van der Waals surface area contributed by atoms with E-state index in [9.17, 15) is 70.2 Å². The maximum absolute atomic E-state index is 13.9. The fourth-order valence-corrected chi connectivity index (χ4v) is 20.8. The molecule has 4 aliphatic carbocycles. The van der Waals surface area contributed by atoms with E-state index in [1.165, 1.54) is 73.3 Å². The van der Waals surface area contributed by atoms with Gasteiger partial charge >= 0.3 is 24.7 Å². The molecule has 8 atom stereocenters. The zero-order chi connectivity index (χ0) is 86.1. The van der Waals surface area contributed by atoms with Crippen molar-refractivity contribution in [1.82, 2.24) is 59.8 Å². The van der Waals surface area contributed by atoms with Gasteiger partial charge in [-0.2, -0.15) is 52.7 Å². The number of alkyl halides is 16. The summed E-state index contributed by atoms with van der Waals surface area (Å²) in [6, 6.07) is 9.26. The smallest absolute Gasteiger partial charge is 0.381 e.